The lowest BCUT2D eigenvalue weighted by molar-refractivity contribution is 0.157. The minimum absolute atomic E-state index is 0.348. The van der Waals surface area contributed by atoms with Crippen LogP contribution < -0.4 is 10.6 Å². The van der Waals surface area contributed by atoms with Crippen LogP contribution in [0.1, 0.15) is 0 Å². The summed E-state index contributed by atoms with van der Waals surface area (Å²) in [7, 11) is 2.87. The zero-order chi connectivity index (χ0) is 7.82. The van der Waals surface area contributed by atoms with E-state index in [1.54, 1.807) is 7.11 Å². The van der Waals surface area contributed by atoms with E-state index >= 15 is 0 Å². The van der Waals surface area contributed by atoms with Gasteiger partial charge in [0.05, 0.1) is 20.5 Å². The monoisotopic (exact) mass is 148 g/mol. The van der Waals surface area contributed by atoms with Crippen molar-refractivity contribution in [3.63, 3.8) is 0 Å². The molecule has 0 fully saturated rings. The third kappa shape index (κ3) is 5.33. The van der Waals surface area contributed by atoms with Crippen LogP contribution in [-0.4, -0.2) is 33.7 Å². The van der Waals surface area contributed by atoms with Gasteiger partial charge in [0.1, 0.15) is 0 Å². The van der Waals surface area contributed by atoms with Gasteiger partial charge in [-0.3, -0.25) is 5.32 Å². The van der Waals surface area contributed by atoms with E-state index in [-0.39, 0.29) is 0 Å². The fourth-order valence-electron chi connectivity index (χ4n) is 0.360. The molecule has 60 valence electrons. The lowest BCUT2D eigenvalue weighted by Gasteiger charge is -2.03. The second-order valence-corrected chi connectivity index (χ2v) is 1.53. The second kappa shape index (κ2) is 6.31. The number of hydrogen-bond donors (Lipinski definition) is 2. The average Bonchev–Trinajstić information content (AvgIpc) is 1.98. The highest BCUT2D eigenvalue weighted by Crippen LogP contribution is 1.66. The molecule has 0 aliphatic heterocycles. The predicted octanol–water partition coefficient (Wildman–Crippen LogP) is -0.507. The third-order valence-corrected chi connectivity index (χ3v) is 0.790. The van der Waals surface area contributed by atoms with Crippen molar-refractivity contribution >= 4 is 6.09 Å². The van der Waals surface area contributed by atoms with Crippen LogP contribution in [0.2, 0.25) is 0 Å². The van der Waals surface area contributed by atoms with E-state index in [9.17, 15) is 4.79 Å². The van der Waals surface area contributed by atoms with Gasteiger partial charge in [-0.05, 0) is 0 Å². The van der Waals surface area contributed by atoms with Crippen molar-refractivity contribution in [2.75, 3.05) is 27.6 Å². The first kappa shape index (κ1) is 9.19. The van der Waals surface area contributed by atoms with Crippen LogP contribution in [0, 0.1) is 0 Å². The number of carbonyl (C=O) groups excluding carboxylic acids is 1. The minimum atomic E-state index is -0.455. The Morgan fingerprint density at radius 3 is 2.70 bits per heavy atom. The van der Waals surface area contributed by atoms with Crippen molar-refractivity contribution < 1.29 is 14.3 Å². The van der Waals surface area contributed by atoms with E-state index in [4.69, 9.17) is 0 Å². The normalized spacial score (nSPS) is 9.00. The van der Waals surface area contributed by atoms with Crippen LogP contribution in [0.3, 0.4) is 0 Å². The molecule has 0 aromatic heterocycles. The molecule has 0 spiro atoms. The molecule has 0 aromatic carbocycles. The molecule has 5 nitrogen and oxygen atoms in total. The predicted molar refractivity (Wildman–Crippen MR) is 35.4 cm³/mol. The van der Waals surface area contributed by atoms with Crippen molar-refractivity contribution in [1.82, 2.24) is 10.6 Å². The lowest BCUT2D eigenvalue weighted by Crippen LogP contribution is -2.34. The van der Waals surface area contributed by atoms with Crippen LogP contribution in [0.5, 0.6) is 0 Å². The maximum absolute atomic E-state index is 10.4. The minimum Gasteiger partial charge on any atom is -0.453 e. The molecule has 5 heteroatoms. The zero-order valence-electron chi connectivity index (χ0n) is 6.14. The highest BCUT2D eigenvalue weighted by molar-refractivity contribution is 5.66. The smallest absolute Gasteiger partial charge is 0.407 e. The quantitative estimate of drug-likeness (QED) is 0.416. The van der Waals surface area contributed by atoms with Crippen LogP contribution in [-0.2, 0) is 9.47 Å². The Morgan fingerprint density at radius 2 is 2.20 bits per heavy atom. The van der Waals surface area contributed by atoms with Crippen molar-refractivity contribution in [3.05, 3.63) is 0 Å². The van der Waals surface area contributed by atoms with E-state index in [1.807, 2.05) is 0 Å². The highest BCUT2D eigenvalue weighted by Gasteiger charge is 1.93. The summed E-state index contributed by atoms with van der Waals surface area (Å²) < 4.78 is 8.95. The van der Waals surface area contributed by atoms with Gasteiger partial charge in [-0.15, -0.1) is 0 Å². The van der Waals surface area contributed by atoms with Crippen LogP contribution in [0.4, 0.5) is 4.79 Å². The van der Waals surface area contributed by atoms with Gasteiger partial charge in [0, 0.05) is 7.11 Å². The number of nitrogens with one attached hydrogen (secondary N) is 2. The van der Waals surface area contributed by atoms with Gasteiger partial charge < -0.3 is 14.8 Å². The summed E-state index contributed by atoms with van der Waals surface area (Å²) in [5, 5.41) is 5.18. The van der Waals surface area contributed by atoms with Gasteiger partial charge in [0.15, 0.2) is 0 Å². The number of rotatable bonds is 4. The molecule has 10 heavy (non-hydrogen) atoms. The van der Waals surface area contributed by atoms with E-state index < -0.39 is 6.09 Å². The molecule has 0 aromatic rings. The Hall–Kier alpha value is -0.810. The second-order valence-electron chi connectivity index (χ2n) is 1.53. The van der Waals surface area contributed by atoms with Crippen molar-refractivity contribution in [2.45, 2.75) is 0 Å². The molecule has 1 amide bonds. The van der Waals surface area contributed by atoms with E-state index in [1.165, 1.54) is 7.11 Å². The third-order valence-electron chi connectivity index (χ3n) is 0.790. The van der Waals surface area contributed by atoms with Gasteiger partial charge in [-0.2, -0.15) is 0 Å². The maximum Gasteiger partial charge on any atom is 0.407 e. The van der Waals surface area contributed by atoms with Gasteiger partial charge in [0.25, 0.3) is 0 Å². The summed E-state index contributed by atoms with van der Waals surface area (Å²) in [6, 6.07) is 0. The Morgan fingerprint density at radius 1 is 1.50 bits per heavy atom. The number of alkyl carbamates (subject to hydrolysis) is 1. The molecule has 0 rings (SSSR count). The fraction of sp³-hybridized carbons (Fsp3) is 0.800. The fourth-order valence-corrected chi connectivity index (χ4v) is 0.360. The number of amides is 1. The summed E-state index contributed by atoms with van der Waals surface area (Å²) in [6.07, 6.45) is -0.455. The summed E-state index contributed by atoms with van der Waals surface area (Å²) >= 11 is 0. The molecule has 0 saturated heterocycles. The van der Waals surface area contributed by atoms with Gasteiger partial charge >= 0.3 is 6.09 Å². The summed E-state index contributed by atoms with van der Waals surface area (Å²) in [4.78, 5) is 10.4. The Bertz CT molecular complexity index is 96.9. The van der Waals surface area contributed by atoms with Crippen LogP contribution >= 0.6 is 0 Å². The lowest BCUT2D eigenvalue weighted by atomic mass is 10.9. The summed E-state index contributed by atoms with van der Waals surface area (Å²) in [6.45, 7) is 0.754. The molecular formula is C5H12N2O3. The SMILES string of the molecule is COCNCNC(=O)OC. The van der Waals surface area contributed by atoms with Gasteiger partial charge in [-0.1, -0.05) is 0 Å². The molecule has 0 radical (unpaired) electrons. The zero-order valence-corrected chi connectivity index (χ0v) is 6.14. The Kier molecular flexibility index (Phi) is 5.80. The highest BCUT2D eigenvalue weighted by atomic mass is 16.5. The van der Waals surface area contributed by atoms with Crippen molar-refractivity contribution in [3.8, 4) is 0 Å². The summed E-state index contributed by atoms with van der Waals surface area (Å²) in [5.41, 5.74) is 0. The van der Waals surface area contributed by atoms with Crippen LogP contribution in [0.15, 0.2) is 0 Å². The molecular weight excluding hydrogens is 136 g/mol. The molecule has 0 unspecified atom stereocenters. The topological polar surface area (TPSA) is 59.6 Å². The number of methoxy groups -OCH3 is 2. The van der Waals surface area contributed by atoms with Crippen molar-refractivity contribution in [2.24, 2.45) is 0 Å². The number of ether oxygens (including phenoxy) is 2. The summed E-state index contributed by atoms with van der Waals surface area (Å²) in [5.74, 6) is 0. The van der Waals surface area contributed by atoms with Crippen LogP contribution in [0.25, 0.3) is 0 Å². The molecule has 0 atom stereocenters. The van der Waals surface area contributed by atoms with Crippen molar-refractivity contribution in [1.29, 1.82) is 0 Å². The Balaban J connectivity index is 2.96. The maximum atomic E-state index is 10.4. The largest absolute Gasteiger partial charge is 0.453 e. The number of carbonyl (C=O) groups is 1. The van der Waals surface area contributed by atoms with Gasteiger partial charge in [0.2, 0.25) is 0 Å². The Labute approximate surface area is 59.7 Å². The van der Waals surface area contributed by atoms with E-state index in [0.29, 0.717) is 13.4 Å². The standard InChI is InChI=1S/C5H12N2O3/c1-9-4-6-3-7-5(8)10-2/h6H,3-4H2,1-2H3,(H,7,8). The molecule has 0 heterocycles. The molecule has 0 bridgehead atoms. The first-order valence-electron chi connectivity index (χ1n) is 2.82. The molecule has 0 aliphatic rings. The molecule has 2 N–H and O–H groups in total. The molecule has 0 saturated carbocycles. The first-order valence-corrected chi connectivity index (χ1v) is 2.82. The first-order chi connectivity index (χ1) is 4.81. The average molecular weight is 148 g/mol. The van der Waals surface area contributed by atoms with Gasteiger partial charge in [-0.25, -0.2) is 4.79 Å². The number of hydrogen-bond acceptors (Lipinski definition) is 4. The van der Waals surface area contributed by atoms with E-state index in [2.05, 4.69) is 20.1 Å². The van der Waals surface area contributed by atoms with E-state index in [0.717, 1.165) is 0 Å². The molecule has 0 aliphatic carbocycles.